The van der Waals surface area contributed by atoms with E-state index < -0.39 is 0 Å². The van der Waals surface area contributed by atoms with Crippen molar-refractivity contribution in [2.45, 2.75) is 45.8 Å². The molecule has 1 saturated heterocycles. The van der Waals surface area contributed by atoms with Crippen LogP contribution in [0.5, 0.6) is 0 Å². The molecule has 0 aromatic carbocycles. The fourth-order valence-corrected chi connectivity index (χ4v) is 3.53. The van der Waals surface area contributed by atoms with Crippen molar-refractivity contribution in [1.29, 1.82) is 0 Å². The van der Waals surface area contributed by atoms with Crippen LogP contribution in [0.4, 0.5) is 0 Å². The normalized spacial score (nSPS) is 20.1. The van der Waals surface area contributed by atoms with Gasteiger partial charge in [0.2, 0.25) is 5.43 Å². The second-order valence-electron chi connectivity index (χ2n) is 7.42. The summed E-state index contributed by atoms with van der Waals surface area (Å²) < 4.78 is 7.80. The minimum absolute atomic E-state index is 0.0951. The molecule has 1 saturated carbocycles. The third-order valence-corrected chi connectivity index (χ3v) is 5.33. The van der Waals surface area contributed by atoms with Crippen LogP contribution in [0.15, 0.2) is 23.1 Å². The zero-order valence-corrected chi connectivity index (χ0v) is 15.4. The molecule has 138 valence electrons. The van der Waals surface area contributed by atoms with Crippen LogP contribution < -0.4 is 5.43 Å². The van der Waals surface area contributed by atoms with Gasteiger partial charge in [0.05, 0.1) is 11.5 Å². The van der Waals surface area contributed by atoms with Crippen molar-refractivity contribution in [2.24, 2.45) is 5.92 Å². The molecule has 26 heavy (non-hydrogen) atoms. The number of hydrogen-bond donors (Lipinski definition) is 0. The van der Waals surface area contributed by atoms with E-state index in [1.807, 2.05) is 24.5 Å². The molecule has 1 atom stereocenters. The highest BCUT2D eigenvalue weighted by Gasteiger charge is 2.31. The number of likely N-dealkylation sites (tertiary alicyclic amines) is 1. The minimum Gasteiger partial charge on any atom is -0.376 e. The number of hydrogen-bond acceptors (Lipinski definition) is 4. The Hall–Kier alpha value is -2.21. The maximum Gasteiger partial charge on any atom is 0.259 e. The molecule has 2 aromatic heterocycles. The molecule has 2 aliphatic rings. The summed E-state index contributed by atoms with van der Waals surface area (Å²) in [4.78, 5) is 32.1. The summed E-state index contributed by atoms with van der Waals surface area (Å²) in [6, 6.07) is 3.59. The van der Waals surface area contributed by atoms with Crippen molar-refractivity contribution in [3.05, 3.63) is 39.8 Å². The smallest absolute Gasteiger partial charge is 0.259 e. The molecular weight excluding hydrogens is 330 g/mol. The Balaban J connectivity index is 1.59. The first-order valence-corrected chi connectivity index (χ1v) is 9.48. The number of aromatic nitrogens is 2. The third kappa shape index (κ3) is 3.26. The molecule has 6 nitrogen and oxygen atoms in total. The molecule has 6 heteroatoms. The maximum absolute atomic E-state index is 13.0. The highest BCUT2D eigenvalue weighted by Crippen LogP contribution is 2.30. The van der Waals surface area contributed by atoms with Crippen molar-refractivity contribution >= 4 is 16.9 Å². The van der Waals surface area contributed by atoms with Gasteiger partial charge in [-0.25, -0.2) is 4.98 Å². The first-order chi connectivity index (χ1) is 12.6. The molecular formula is C20H25N3O3. The quantitative estimate of drug-likeness (QED) is 0.826. The minimum atomic E-state index is -0.232. The van der Waals surface area contributed by atoms with Crippen LogP contribution in [0, 0.1) is 12.8 Å². The van der Waals surface area contributed by atoms with Crippen LogP contribution >= 0.6 is 0 Å². The van der Waals surface area contributed by atoms with Crippen LogP contribution in [0.25, 0.3) is 11.0 Å². The highest BCUT2D eigenvalue weighted by atomic mass is 16.5. The lowest BCUT2D eigenvalue weighted by molar-refractivity contribution is 0.0480. The van der Waals surface area contributed by atoms with E-state index in [-0.39, 0.29) is 23.0 Å². The number of rotatable bonds is 5. The van der Waals surface area contributed by atoms with E-state index in [1.165, 1.54) is 12.8 Å². The average Bonchev–Trinajstić information content (AvgIpc) is 3.35. The number of carbonyl (C=O) groups excluding carboxylic acids is 1. The molecule has 1 aliphatic heterocycles. The second kappa shape index (κ2) is 6.83. The van der Waals surface area contributed by atoms with E-state index in [1.54, 1.807) is 17.2 Å². The van der Waals surface area contributed by atoms with Gasteiger partial charge in [-0.1, -0.05) is 0 Å². The number of aryl methyl sites for hydroxylation is 2. The van der Waals surface area contributed by atoms with E-state index in [4.69, 9.17) is 4.74 Å². The molecule has 0 spiro atoms. The Morgan fingerprint density at radius 1 is 1.31 bits per heavy atom. The van der Waals surface area contributed by atoms with Crippen LogP contribution in [0.2, 0.25) is 0 Å². The topological polar surface area (TPSA) is 64.4 Å². The summed E-state index contributed by atoms with van der Waals surface area (Å²) >= 11 is 0. The number of nitrogens with zero attached hydrogens (tertiary/aromatic N) is 3. The molecule has 1 unspecified atom stereocenters. The maximum atomic E-state index is 13.0. The first-order valence-electron chi connectivity index (χ1n) is 9.48. The van der Waals surface area contributed by atoms with Gasteiger partial charge in [0.1, 0.15) is 11.2 Å². The molecule has 0 radical (unpaired) electrons. The summed E-state index contributed by atoms with van der Waals surface area (Å²) in [6.07, 6.45) is 5.12. The lowest BCUT2D eigenvalue weighted by atomic mass is 10.1. The van der Waals surface area contributed by atoms with Crippen LogP contribution in [-0.4, -0.2) is 46.2 Å². The number of ether oxygens (including phenoxy) is 1. The zero-order chi connectivity index (χ0) is 18.3. The van der Waals surface area contributed by atoms with E-state index in [0.717, 1.165) is 18.7 Å². The van der Waals surface area contributed by atoms with E-state index >= 15 is 0 Å². The van der Waals surface area contributed by atoms with Crippen LogP contribution in [0.3, 0.4) is 0 Å². The molecule has 4 rings (SSSR count). The van der Waals surface area contributed by atoms with Gasteiger partial charge in [0.25, 0.3) is 5.91 Å². The SMILES string of the molecule is CCn1cc(C(=O)N2CCC(OCC3CC3)C2)c(=O)c2ccc(C)nc21. The highest BCUT2D eigenvalue weighted by molar-refractivity contribution is 5.97. The average molecular weight is 355 g/mol. The number of carbonyl (C=O) groups is 1. The Kier molecular flexibility index (Phi) is 4.53. The molecule has 2 fully saturated rings. The number of pyridine rings is 2. The summed E-state index contributed by atoms with van der Waals surface area (Å²) in [5.41, 5.74) is 1.49. The van der Waals surface area contributed by atoms with Gasteiger partial charge in [-0.3, -0.25) is 9.59 Å². The van der Waals surface area contributed by atoms with Gasteiger partial charge in [-0.15, -0.1) is 0 Å². The van der Waals surface area contributed by atoms with Crippen molar-refractivity contribution < 1.29 is 9.53 Å². The van der Waals surface area contributed by atoms with Crippen molar-refractivity contribution in [2.75, 3.05) is 19.7 Å². The van der Waals surface area contributed by atoms with Crippen LogP contribution in [-0.2, 0) is 11.3 Å². The first kappa shape index (κ1) is 17.2. The summed E-state index contributed by atoms with van der Waals surface area (Å²) in [5.74, 6) is 0.519. The van der Waals surface area contributed by atoms with Crippen molar-refractivity contribution in [3.63, 3.8) is 0 Å². The van der Waals surface area contributed by atoms with E-state index in [9.17, 15) is 9.59 Å². The lowest BCUT2D eigenvalue weighted by Crippen LogP contribution is -2.34. The van der Waals surface area contributed by atoms with Crippen molar-refractivity contribution in [1.82, 2.24) is 14.5 Å². The monoisotopic (exact) mass is 355 g/mol. The summed E-state index contributed by atoms with van der Waals surface area (Å²) in [6.45, 7) is 6.55. The summed E-state index contributed by atoms with van der Waals surface area (Å²) in [7, 11) is 0. The molecule has 1 aliphatic carbocycles. The van der Waals surface area contributed by atoms with Gasteiger partial charge in [0.15, 0.2) is 0 Å². The molecule has 2 aromatic rings. The predicted octanol–water partition coefficient (Wildman–Crippen LogP) is 2.37. The Labute approximate surface area is 152 Å². The Bertz CT molecular complexity index is 901. The summed E-state index contributed by atoms with van der Waals surface area (Å²) in [5, 5.41) is 0.504. The lowest BCUT2D eigenvalue weighted by Gasteiger charge is -2.18. The molecule has 0 N–H and O–H groups in total. The van der Waals surface area contributed by atoms with Crippen LogP contribution in [0.1, 0.15) is 42.2 Å². The van der Waals surface area contributed by atoms with Gasteiger partial charge >= 0.3 is 0 Å². The molecule has 0 bridgehead atoms. The van der Waals surface area contributed by atoms with E-state index in [2.05, 4.69) is 4.98 Å². The number of amides is 1. The fourth-order valence-electron chi connectivity index (χ4n) is 3.53. The predicted molar refractivity (Wildman–Crippen MR) is 99.4 cm³/mol. The van der Waals surface area contributed by atoms with Gasteiger partial charge < -0.3 is 14.2 Å². The Morgan fingerprint density at radius 2 is 2.12 bits per heavy atom. The largest absolute Gasteiger partial charge is 0.376 e. The van der Waals surface area contributed by atoms with E-state index in [0.29, 0.717) is 36.6 Å². The van der Waals surface area contributed by atoms with Crippen molar-refractivity contribution in [3.8, 4) is 0 Å². The number of fused-ring (bicyclic) bond motifs is 1. The second-order valence-corrected chi connectivity index (χ2v) is 7.42. The zero-order valence-electron chi connectivity index (χ0n) is 15.4. The van der Waals surface area contributed by atoms with Gasteiger partial charge in [-0.2, -0.15) is 0 Å². The fraction of sp³-hybridized carbons (Fsp3) is 0.550. The van der Waals surface area contributed by atoms with Gasteiger partial charge in [-0.05, 0) is 51.2 Å². The Morgan fingerprint density at radius 3 is 2.85 bits per heavy atom. The van der Waals surface area contributed by atoms with Gasteiger partial charge in [0, 0.05) is 38.1 Å². The standard InChI is InChI=1S/C20H25N3O3/c1-3-22-11-17(18(24)16-7-4-13(2)21-19(16)22)20(25)23-9-8-15(10-23)26-12-14-5-6-14/h4,7,11,14-15H,3,5-6,8-10,12H2,1-2H3. The molecule has 1 amide bonds. The third-order valence-electron chi connectivity index (χ3n) is 5.33. The molecule has 3 heterocycles.